The molecule has 0 aromatic heterocycles. The number of rotatable bonds is 6. The predicted molar refractivity (Wildman–Crippen MR) is 66.2 cm³/mol. The van der Waals surface area contributed by atoms with Crippen molar-refractivity contribution in [3.63, 3.8) is 0 Å². The van der Waals surface area contributed by atoms with E-state index in [1.165, 1.54) is 25.7 Å². The topological polar surface area (TPSA) is 46.2 Å². The highest BCUT2D eigenvalue weighted by molar-refractivity contribution is 7.91. The maximum atomic E-state index is 11.3. The zero-order valence-electron chi connectivity index (χ0n) is 10.1. The van der Waals surface area contributed by atoms with Gasteiger partial charge in [0.1, 0.15) is 0 Å². The fourth-order valence-electron chi connectivity index (χ4n) is 2.67. The van der Waals surface area contributed by atoms with Gasteiger partial charge < -0.3 is 5.32 Å². The summed E-state index contributed by atoms with van der Waals surface area (Å²) in [7, 11) is -2.70. The molecule has 3 nitrogen and oxygen atoms in total. The minimum Gasteiger partial charge on any atom is -0.313 e. The Kier molecular flexibility index (Phi) is 3.90. The Morgan fingerprint density at radius 1 is 1.31 bits per heavy atom. The van der Waals surface area contributed by atoms with Gasteiger partial charge in [-0.05, 0) is 44.1 Å². The van der Waals surface area contributed by atoms with Gasteiger partial charge in [0.15, 0.2) is 9.84 Å². The quantitative estimate of drug-likeness (QED) is 0.773. The summed E-state index contributed by atoms with van der Waals surface area (Å²) in [5.41, 5.74) is 0. The highest BCUT2D eigenvalue weighted by Crippen LogP contribution is 2.34. The van der Waals surface area contributed by atoms with E-state index < -0.39 is 9.84 Å². The van der Waals surface area contributed by atoms with E-state index in [2.05, 4.69) is 12.2 Å². The molecule has 1 aliphatic heterocycles. The van der Waals surface area contributed by atoms with Crippen molar-refractivity contribution >= 4 is 9.84 Å². The number of hydrogen-bond donors (Lipinski definition) is 1. The van der Waals surface area contributed by atoms with Gasteiger partial charge in [0.2, 0.25) is 0 Å². The highest BCUT2D eigenvalue weighted by Gasteiger charge is 2.32. The molecule has 1 aliphatic carbocycles. The maximum Gasteiger partial charge on any atom is 0.150 e. The third kappa shape index (κ3) is 3.45. The van der Waals surface area contributed by atoms with E-state index in [9.17, 15) is 8.42 Å². The van der Waals surface area contributed by atoms with Crippen LogP contribution in [-0.2, 0) is 9.84 Å². The smallest absolute Gasteiger partial charge is 0.150 e. The average molecular weight is 245 g/mol. The Balaban J connectivity index is 1.73. The van der Waals surface area contributed by atoms with Crippen molar-refractivity contribution in [1.82, 2.24) is 5.32 Å². The van der Waals surface area contributed by atoms with Crippen LogP contribution in [0.4, 0.5) is 0 Å². The van der Waals surface area contributed by atoms with E-state index in [0.29, 0.717) is 23.5 Å². The molecule has 1 N–H and O–H groups in total. The minimum atomic E-state index is -2.70. The molecule has 0 aromatic rings. The number of hydrogen-bond acceptors (Lipinski definition) is 3. The molecule has 0 aromatic carbocycles. The first-order valence-electron chi connectivity index (χ1n) is 6.54. The summed E-state index contributed by atoms with van der Waals surface area (Å²) in [5.74, 6) is 2.05. The van der Waals surface area contributed by atoms with Crippen LogP contribution in [-0.4, -0.2) is 32.5 Å². The summed E-state index contributed by atoms with van der Waals surface area (Å²) in [4.78, 5) is 0. The molecule has 2 rings (SSSR count). The molecule has 16 heavy (non-hydrogen) atoms. The van der Waals surface area contributed by atoms with Crippen molar-refractivity contribution in [3.05, 3.63) is 0 Å². The van der Waals surface area contributed by atoms with Crippen LogP contribution >= 0.6 is 0 Å². The molecule has 2 aliphatic rings. The molecule has 2 fully saturated rings. The molecule has 2 atom stereocenters. The van der Waals surface area contributed by atoms with Crippen LogP contribution in [0.2, 0.25) is 0 Å². The summed E-state index contributed by atoms with van der Waals surface area (Å²) in [6.45, 7) is 3.12. The first kappa shape index (κ1) is 12.4. The van der Waals surface area contributed by atoms with Crippen LogP contribution in [0.25, 0.3) is 0 Å². The second-order valence-electron chi connectivity index (χ2n) is 5.41. The van der Waals surface area contributed by atoms with E-state index in [1.54, 1.807) is 0 Å². The number of nitrogens with one attached hydrogen (secondary N) is 1. The summed E-state index contributed by atoms with van der Waals surface area (Å²) in [5, 5.41) is 3.60. The van der Waals surface area contributed by atoms with E-state index >= 15 is 0 Å². The fourth-order valence-corrected chi connectivity index (χ4v) is 4.53. The second kappa shape index (κ2) is 5.05. The van der Waals surface area contributed by atoms with Crippen LogP contribution < -0.4 is 5.32 Å². The zero-order chi connectivity index (χ0) is 11.6. The lowest BCUT2D eigenvalue weighted by Crippen LogP contribution is -2.35. The lowest BCUT2D eigenvalue weighted by molar-refractivity contribution is 0.395. The van der Waals surface area contributed by atoms with Gasteiger partial charge in [-0.3, -0.25) is 0 Å². The standard InChI is InChI=1S/C12H23NO2S/c1-2-3-12(11-4-5-11)13-8-10-6-7-16(14,15)9-10/h10-13H,2-9H2,1H3. The monoisotopic (exact) mass is 245 g/mol. The van der Waals surface area contributed by atoms with Crippen molar-refractivity contribution in [2.24, 2.45) is 11.8 Å². The molecule has 0 bridgehead atoms. The molecule has 1 saturated heterocycles. The summed E-state index contributed by atoms with van der Waals surface area (Å²) in [6.07, 6.45) is 6.04. The Morgan fingerprint density at radius 2 is 2.06 bits per heavy atom. The van der Waals surface area contributed by atoms with Gasteiger partial charge in [0.05, 0.1) is 11.5 Å². The molecule has 1 saturated carbocycles. The van der Waals surface area contributed by atoms with E-state index in [1.807, 2.05) is 0 Å². The average Bonchev–Trinajstić information content (AvgIpc) is 2.99. The van der Waals surface area contributed by atoms with Crippen LogP contribution in [0, 0.1) is 11.8 Å². The van der Waals surface area contributed by atoms with Gasteiger partial charge in [-0.2, -0.15) is 0 Å². The second-order valence-corrected chi connectivity index (χ2v) is 7.64. The van der Waals surface area contributed by atoms with Gasteiger partial charge in [-0.25, -0.2) is 8.42 Å². The highest BCUT2D eigenvalue weighted by atomic mass is 32.2. The Morgan fingerprint density at radius 3 is 2.56 bits per heavy atom. The number of sulfone groups is 1. The van der Waals surface area contributed by atoms with Crippen molar-refractivity contribution in [2.45, 2.75) is 45.1 Å². The van der Waals surface area contributed by atoms with Crippen LogP contribution in [0.1, 0.15) is 39.0 Å². The summed E-state index contributed by atoms with van der Waals surface area (Å²) < 4.78 is 22.7. The summed E-state index contributed by atoms with van der Waals surface area (Å²) in [6, 6.07) is 0.647. The molecule has 0 radical (unpaired) electrons. The SMILES string of the molecule is CCCC(NCC1CCS(=O)(=O)C1)C1CC1. The first-order valence-corrected chi connectivity index (χ1v) is 8.36. The Bertz CT molecular complexity index is 322. The Labute approximate surface area is 98.9 Å². The van der Waals surface area contributed by atoms with Gasteiger partial charge in [0, 0.05) is 6.04 Å². The zero-order valence-corrected chi connectivity index (χ0v) is 10.9. The maximum absolute atomic E-state index is 11.3. The lowest BCUT2D eigenvalue weighted by Gasteiger charge is -2.19. The first-order chi connectivity index (χ1) is 7.61. The molecule has 2 unspecified atom stereocenters. The van der Waals surface area contributed by atoms with Crippen molar-refractivity contribution in [2.75, 3.05) is 18.1 Å². The van der Waals surface area contributed by atoms with Gasteiger partial charge in [0.25, 0.3) is 0 Å². The molecule has 1 heterocycles. The molecular weight excluding hydrogens is 222 g/mol. The van der Waals surface area contributed by atoms with Gasteiger partial charge in [-0.1, -0.05) is 13.3 Å². The van der Waals surface area contributed by atoms with E-state index in [-0.39, 0.29) is 0 Å². The fraction of sp³-hybridized carbons (Fsp3) is 1.00. The lowest BCUT2D eigenvalue weighted by atomic mass is 10.0. The normalized spacial score (nSPS) is 30.4. The van der Waals surface area contributed by atoms with Crippen LogP contribution in [0.5, 0.6) is 0 Å². The minimum absolute atomic E-state index is 0.364. The van der Waals surface area contributed by atoms with E-state index in [4.69, 9.17) is 0 Å². The van der Waals surface area contributed by atoms with Crippen molar-refractivity contribution in [1.29, 1.82) is 0 Å². The molecular formula is C12H23NO2S. The van der Waals surface area contributed by atoms with Gasteiger partial charge in [-0.15, -0.1) is 0 Å². The van der Waals surface area contributed by atoms with E-state index in [0.717, 1.165) is 18.9 Å². The third-order valence-electron chi connectivity index (χ3n) is 3.79. The largest absolute Gasteiger partial charge is 0.313 e. The molecule has 0 amide bonds. The molecule has 4 heteroatoms. The van der Waals surface area contributed by atoms with Crippen LogP contribution in [0.3, 0.4) is 0 Å². The Hall–Kier alpha value is -0.0900. The molecule has 0 spiro atoms. The van der Waals surface area contributed by atoms with Crippen LogP contribution in [0.15, 0.2) is 0 Å². The predicted octanol–water partition coefficient (Wildman–Crippen LogP) is 1.59. The molecule has 94 valence electrons. The summed E-state index contributed by atoms with van der Waals surface area (Å²) >= 11 is 0. The third-order valence-corrected chi connectivity index (χ3v) is 5.62. The van der Waals surface area contributed by atoms with Crippen molar-refractivity contribution < 1.29 is 8.42 Å². The van der Waals surface area contributed by atoms with Gasteiger partial charge >= 0.3 is 0 Å². The van der Waals surface area contributed by atoms with Crippen molar-refractivity contribution in [3.8, 4) is 0 Å².